The Morgan fingerprint density at radius 2 is 2.14 bits per heavy atom. The second kappa shape index (κ2) is 6.69. The van der Waals surface area contributed by atoms with Crippen molar-refractivity contribution in [2.45, 2.75) is 51.3 Å². The van der Waals surface area contributed by atoms with Gasteiger partial charge in [0.1, 0.15) is 5.82 Å². The number of nitrogens with zero attached hydrogens (tertiary/aromatic N) is 4. The lowest BCUT2D eigenvalue weighted by atomic mass is 10.2. The largest absolute Gasteiger partial charge is 0.365 e. The van der Waals surface area contributed by atoms with Gasteiger partial charge in [-0.3, -0.25) is 0 Å². The van der Waals surface area contributed by atoms with Crippen LogP contribution in [-0.2, 0) is 0 Å². The number of aryl methyl sites for hydroxylation is 2. The van der Waals surface area contributed by atoms with Crippen molar-refractivity contribution in [2.75, 3.05) is 11.1 Å². The summed E-state index contributed by atoms with van der Waals surface area (Å²) in [7, 11) is 0. The van der Waals surface area contributed by atoms with Crippen molar-refractivity contribution in [1.82, 2.24) is 20.0 Å². The van der Waals surface area contributed by atoms with Gasteiger partial charge in [0.05, 0.1) is 5.69 Å². The smallest absolute Gasteiger partial charge is 0.176 e. The summed E-state index contributed by atoms with van der Waals surface area (Å²) >= 11 is 2.05. The van der Waals surface area contributed by atoms with Crippen LogP contribution in [0.5, 0.6) is 0 Å². The third-order valence-electron chi connectivity index (χ3n) is 4.04. The molecule has 0 bridgehead atoms. The lowest BCUT2D eigenvalue weighted by molar-refractivity contribution is 0.747. The summed E-state index contributed by atoms with van der Waals surface area (Å²) in [5.74, 6) is 2.80. The first-order valence-corrected chi connectivity index (χ1v) is 8.97. The van der Waals surface area contributed by atoms with Gasteiger partial charge < -0.3 is 5.32 Å². The van der Waals surface area contributed by atoms with Crippen LogP contribution in [0.3, 0.4) is 0 Å². The Morgan fingerprint density at radius 1 is 1.27 bits per heavy atom. The van der Waals surface area contributed by atoms with Gasteiger partial charge >= 0.3 is 0 Å². The van der Waals surface area contributed by atoms with Crippen LogP contribution in [0.1, 0.15) is 37.6 Å². The van der Waals surface area contributed by atoms with Crippen LogP contribution >= 0.6 is 11.8 Å². The molecule has 0 aromatic carbocycles. The van der Waals surface area contributed by atoms with E-state index < -0.39 is 0 Å². The Hall–Kier alpha value is -1.56. The lowest BCUT2D eigenvalue weighted by Crippen LogP contribution is -2.26. The molecule has 0 saturated heterocycles. The Balaban J connectivity index is 1.70. The molecule has 1 aliphatic carbocycles. The van der Waals surface area contributed by atoms with E-state index in [0.29, 0.717) is 11.3 Å². The monoisotopic (exact) mass is 317 g/mol. The molecular weight excluding hydrogens is 294 g/mol. The van der Waals surface area contributed by atoms with Gasteiger partial charge in [-0.05, 0) is 50.6 Å². The van der Waals surface area contributed by atoms with Gasteiger partial charge in [-0.15, -0.1) is 10.2 Å². The van der Waals surface area contributed by atoms with Gasteiger partial charge in [0.15, 0.2) is 5.82 Å². The zero-order valence-electron chi connectivity index (χ0n) is 13.4. The average Bonchev–Trinajstić information content (AvgIpc) is 3.07. The molecule has 5 nitrogen and oxygen atoms in total. The predicted octanol–water partition coefficient (Wildman–Crippen LogP) is 3.37. The molecule has 1 saturated carbocycles. The fourth-order valence-corrected chi connectivity index (χ4v) is 4.27. The van der Waals surface area contributed by atoms with E-state index in [1.165, 1.54) is 25.0 Å². The topological polar surface area (TPSA) is 55.6 Å². The average molecular weight is 317 g/mol. The Labute approximate surface area is 135 Å². The third-order valence-corrected chi connectivity index (χ3v) is 5.37. The molecule has 0 spiro atoms. The molecule has 2 unspecified atom stereocenters. The molecule has 2 aromatic heterocycles. The van der Waals surface area contributed by atoms with E-state index in [4.69, 9.17) is 0 Å². The van der Waals surface area contributed by atoms with Gasteiger partial charge in [0.25, 0.3) is 0 Å². The van der Waals surface area contributed by atoms with Crippen LogP contribution in [0.4, 0.5) is 5.82 Å². The molecule has 0 aliphatic heterocycles. The van der Waals surface area contributed by atoms with Gasteiger partial charge in [-0.1, -0.05) is 13.3 Å². The molecular formula is C16H23N5S. The molecule has 1 aliphatic rings. The van der Waals surface area contributed by atoms with Crippen molar-refractivity contribution in [3.63, 3.8) is 0 Å². The van der Waals surface area contributed by atoms with Crippen molar-refractivity contribution in [3.8, 4) is 5.82 Å². The van der Waals surface area contributed by atoms with Crippen LogP contribution in [0, 0.1) is 13.8 Å². The quantitative estimate of drug-likeness (QED) is 0.916. The zero-order chi connectivity index (χ0) is 15.5. The summed E-state index contributed by atoms with van der Waals surface area (Å²) in [4.78, 5) is 0. The maximum Gasteiger partial charge on any atom is 0.176 e. The standard InChI is InChI=1S/C16H23N5S/c1-4-22-14-7-5-6-13(14)17-15-8-9-16(19-18-15)21-12(3)10-11(2)20-21/h8-10,13-14H,4-7H2,1-3H3,(H,17,18). The van der Waals surface area contributed by atoms with Crippen molar-refractivity contribution in [1.29, 1.82) is 0 Å². The number of hydrogen-bond acceptors (Lipinski definition) is 5. The van der Waals surface area contributed by atoms with Crippen molar-refractivity contribution >= 4 is 17.6 Å². The van der Waals surface area contributed by atoms with E-state index in [0.717, 1.165) is 23.0 Å². The maximum atomic E-state index is 4.44. The molecule has 6 heteroatoms. The number of thioether (sulfide) groups is 1. The number of aromatic nitrogens is 4. The molecule has 2 aromatic rings. The van der Waals surface area contributed by atoms with Crippen molar-refractivity contribution in [3.05, 3.63) is 29.6 Å². The minimum absolute atomic E-state index is 0.513. The van der Waals surface area contributed by atoms with Gasteiger partial charge in [-0.2, -0.15) is 16.9 Å². The van der Waals surface area contributed by atoms with Crippen LogP contribution in [0.25, 0.3) is 5.82 Å². The van der Waals surface area contributed by atoms with Crippen LogP contribution < -0.4 is 5.32 Å². The van der Waals surface area contributed by atoms with E-state index >= 15 is 0 Å². The van der Waals surface area contributed by atoms with E-state index in [9.17, 15) is 0 Å². The van der Waals surface area contributed by atoms with Gasteiger partial charge in [0.2, 0.25) is 0 Å². The summed E-state index contributed by atoms with van der Waals surface area (Å²) in [6.07, 6.45) is 3.82. The van der Waals surface area contributed by atoms with Gasteiger partial charge in [0, 0.05) is 17.0 Å². The van der Waals surface area contributed by atoms with E-state index in [2.05, 4.69) is 27.5 Å². The SMILES string of the molecule is CCSC1CCCC1Nc1ccc(-n2nc(C)cc2C)nn1. The summed E-state index contributed by atoms with van der Waals surface area (Å²) in [5, 5.41) is 17.3. The molecule has 0 radical (unpaired) electrons. The number of hydrogen-bond donors (Lipinski definition) is 1. The summed E-state index contributed by atoms with van der Waals surface area (Å²) in [6.45, 7) is 6.24. The minimum Gasteiger partial charge on any atom is -0.365 e. The van der Waals surface area contributed by atoms with Crippen molar-refractivity contribution in [2.24, 2.45) is 0 Å². The molecule has 2 heterocycles. The van der Waals surface area contributed by atoms with Crippen LogP contribution in [0.2, 0.25) is 0 Å². The van der Waals surface area contributed by atoms with E-state index in [1.54, 1.807) is 0 Å². The number of nitrogens with one attached hydrogen (secondary N) is 1. The lowest BCUT2D eigenvalue weighted by Gasteiger charge is -2.20. The molecule has 3 rings (SSSR count). The minimum atomic E-state index is 0.513. The Bertz CT molecular complexity index is 622. The highest BCUT2D eigenvalue weighted by molar-refractivity contribution is 7.99. The van der Waals surface area contributed by atoms with E-state index in [1.807, 2.05) is 48.5 Å². The fraction of sp³-hybridized carbons (Fsp3) is 0.562. The van der Waals surface area contributed by atoms with Crippen LogP contribution in [-0.4, -0.2) is 37.0 Å². The fourth-order valence-electron chi connectivity index (χ4n) is 3.07. The third kappa shape index (κ3) is 3.27. The summed E-state index contributed by atoms with van der Waals surface area (Å²) in [6, 6.07) is 6.54. The Morgan fingerprint density at radius 3 is 2.77 bits per heavy atom. The van der Waals surface area contributed by atoms with Crippen molar-refractivity contribution < 1.29 is 0 Å². The normalized spacial score (nSPS) is 21.2. The first-order valence-electron chi connectivity index (χ1n) is 7.93. The second-order valence-corrected chi connectivity index (χ2v) is 7.31. The highest BCUT2D eigenvalue weighted by Gasteiger charge is 2.27. The molecule has 1 fully saturated rings. The summed E-state index contributed by atoms with van der Waals surface area (Å²) < 4.78 is 1.83. The number of rotatable bonds is 5. The molecule has 2 atom stereocenters. The van der Waals surface area contributed by atoms with Gasteiger partial charge in [-0.25, -0.2) is 4.68 Å². The second-order valence-electron chi connectivity index (χ2n) is 5.79. The highest BCUT2D eigenvalue weighted by atomic mass is 32.2. The van der Waals surface area contributed by atoms with Crippen LogP contribution in [0.15, 0.2) is 18.2 Å². The number of anilines is 1. The first-order chi connectivity index (χ1) is 10.7. The zero-order valence-corrected chi connectivity index (χ0v) is 14.2. The maximum absolute atomic E-state index is 4.44. The highest BCUT2D eigenvalue weighted by Crippen LogP contribution is 2.31. The molecule has 0 amide bonds. The molecule has 22 heavy (non-hydrogen) atoms. The Kier molecular flexibility index (Phi) is 4.66. The molecule has 118 valence electrons. The summed E-state index contributed by atoms with van der Waals surface area (Å²) in [5.41, 5.74) is 2.06. The predicted molar refractivity (Wildman–Crippen MR) is 91.8 cm³/mol. The first kappa shape index (κ1) is 15.3. The molecule has 1 N–H and O–H groups in total. The van der Waals surface area contributed by atoms with E-state index in [-0.39, 0.29) is 0 Å².